The van der Waals surface area contributed by atoms with E-state index in [1.165, 1.54) is 18.2 Å². The molecule has 0 heterocycles. The maximum absolute atomic E-state index is 10.3. The predicted molar refractivity (Wildman–Crippen MR) is 126 cm³/mol. The third kappa shape index (κ3) is 15.7. The van der Waals surface area contributed by atoms with Crippen molar-refractivity contribution in [3.8, 4) is 0 Å². The van der Waals surface area contributed by atoms with Gasteiger partial charge in [0.25, 0.3) is 0 Å². The molecule has 1 rings (SSSR count). The van der Waals surface area contributed by atoms with Gasteiger partial charge in [-0.2, -0.15) is 0 Å². The molecule has 1 fully saturated rings. The van der Waals surface area contributed by atoms with Crippen LogP contribution in [-0.4, -0.2) is 62.6 Å². The Labute approximate surface area is 200 Å². The second kappa shape index (κ2) is 18.3. The molecule has 1 aliphatic rings. The average molecular weight is 474 g/mol. The zero-order chi connectivity index (χ0) is 25.7. The van der Waals surface area contributed by atoms with Crippen molar-refractivity contribution in [1.82, 2.24) is 0 Å². The second-order valence-electron chi connectivity index (χ2n) is 9.72. The molecule has 0 N–H and O–H groups in total. The normalized spacial score (nSPS) is 20.9. The number of aliphatic imine (C=N–C) groups is 5. The fourth-order valence-corrected chi connectivity index (χ4v) is 4.76. The highest BCUT2D eigenvalue weighted by Crippen LogP contribution is 2.47. The van der Waals surface area contributed by atoms with E-state index in [2.05, 4.69) is 45.7 Å². The van der Waals surface area contributed by atoms with Gasteiger partial charge in [-0.05, 0) is 61.7 Å². The van der Waals surface area contributed by atoms with Crippen molar-refractivity contribution in [2.45, 2.75) is 78.2 Å². The molecule has 0 saturated heterocycles. The Bertz CT molecular complexity index is 844. The van der Waals surface area contributed by atoms with E-state index in [9.17, 15) is 24.0 Å². The minimum Gasteiger partial charge on any atom is -0.211 e. The van der Waals surface area contributed by atoms with Crippen molar-refractivity contribution in [3.05, 3.63) is 0 Å². The first-order valence-electron chi connectivity index (χ1n) is 11.5. The highest BCUT2D eigenvalue weighted by Gasteiger charge is 2.41. The van der Waals surface area contributed by atoms with Gasteiger partial charge in [0.1, 0.15) is 0 Å². The van der Waals surface area contributed by atoms with Crippen LogP contribution >= 0.6 is 0 Å². The number of hydrogen-bond acceptors (Lipinski definition) is 10. The number of unbranched alkanes of at least 4 members (excludes halogenated alkanes) is 1. The van der Waals surface area contributed by atoms with Crippen molar-refractivity contribution in [2.24, 2.45) is 41.7 Å². The van der Waals surface area contributed by atoms with Gasteiger partial charge >= 0.3 is 0 Å². The van der Waals surface area contributed by atoms with Crippen LogP contribution < -0.4 is 0 Å². The fraction of sp³-hybridized carbons (Fsp3) is 0.792. The van der Waals surface area contributed by atoms with Gasteiger partial charge < -0.3 is 0 Å². The van der Waals surface area contributed by atoms with E-state index in [0.29, 0.717) is 26.2 Å². The molecular formula is C24H35N5O5. The maximum atomic E-state index is 10.3. The van der Waals surface area contributed by atoms with E-state index in [4.69, 9.17) is 0 Å². The summed E-state index contributed by atoms with van der Waals surface area (Å²) in [4.78, 5) is 68.4. The highest BCUT2D eigenvalue weighted by molar-refractivity contribution is 5.34. The molecule has 1 aliphatic carbocycles. The lowest BCUT2D eigenvalue weighted by Gasteiger charge is -2.44. The molecule has 0 spiro atoms. The van der Waals surface area contributed by atoms with Crippen LogP contribution in [0.2, 0.25) is 0 Å². The Morgan fingerprint density at radius 2 is 1.32 bits per heavy atom. The van der Waals surface area contributed by atoms with Crippen molar-refractivity contribution in [2.75, 3.05) is 26.2 Å². The van der Waals surface area contributed by atoms with E-state index in [-0.39, 0.29) is 22.8 Å². The average Bonchev–Trinajstić information content (AvgIpc) is 2.77. The molecule has 10 heteroatoms. The molecule has 0 radical (unpaired) electrons. The van der Waals surface area contributed by atoms with E-state index >= 15 is 0 Å². The smallest absolute Gasteiger partial charge is 0.211 e. The quantitative estimate of drug-likeness (QED) is 0.214. The standard InChI is InChI=1S/C12H17N3O3.C12H18N2O2/c16-9-13-6-2-1-4-12(8-15-11-18)5-3-7-14-10-17;1-11(2)4-10(14-9-16)5-12(3,6-11)7-13-8-15/h12H,1-8H2;10H,4-7H2,1-3H3. The first-order chi connectivity index (χ1) is 16.3. The van der Waals surface area contributed by atoms with Crippen molar-refractivity contribution < 1.29 is 24.0 Å². The van der Waals surface area contributed by atoms with Gasteiger partial charge in [-0.1, -0.05) is 27.2 Å². The SMILES string of the molecule is CC1(C)CC(N=C=O)CC(C)(CN=C=O)C1.O=C=NCCCCC(CCCN=C=O)CN=C=O. The van der Waals surface area contributed by atoms with Crippen LogP contribution in [0.1, 0.15) is 72.1 Å². The zero-order valence-electron chi connectivity index (χ0n) is 20.4. The molecular weight excluding hydrogens is 438 g/mol. The third-order valence-electron chi connectivity index (χ3n) is 5.74. The summed E-state index contributed by atoms with van der Waals surface area (Å²) in [6.45, 7) is 8.26. The summed E-state index contributed by atoms with van der Waals surface area (Å²) in [5.41, 5.74) is 0.0561. The molecule has 0 amide bonds. The minimum absolute atomic E-state index is 0.00750. The third-order valence-corrected chi connectivity index (χ3v) is 5.74. The van der Waals surface area contributed by atoms with Crippen molar-refractivity contribution >= 4 is 30.4 Å². The fourth-order valence-electron chi connectivity index (χ4n) is 4.76. The molecule has 10 nitrogen and oxygen atoms in total. The molecule has 3 atom stereocenters. The van der Waals surface area contributed by atoms with Crippen LogP contribution in [0, 0.1) is 16.7 Å². The first-order valence-corrected chi connectivity index (χ1v) is 11.5. The maximum Gasteiger partial charge on any atom is 0.235 e. The van der Waals surface area contributed by atoms with Crippen molar-refractivity contribution in [1.29, 1.82) is 0 Å². The van der Waals surface area contributed by atoms with Gasteiger partial charge in [-0.3, -0.25) is 0 Å². The van der Waals surface area contributed by atoms with Crippen LogP contribution in [0.15, 0.2) is 25.0 Å². The molecule has 0 bridgehead atoms. The first kappa shape index (κ1) is 30.9. The van der Waals surface area contributed by atoms with E-state index in [1.807, 2.05) is 0 Å². The molecule has 34 heavy (non-hydrogen) atoms. The van der Waals surface area contributed by atoms with E-state index in [1.54, 1.807) is 12.2 Å². The summed E-state index contributed by atoms with van der Waals surface area (Å²) >= 11 is 0. The van der Waals surface area contributed by atoms with Gasteiger partial charge in [0.15, 0.2) is 0 Å². The molecule has 0 aromatic carbocycles. The number of hydrogen-bond donors (Lipinski definition) is 0. The molecule has 0 aromatic rings. The largest absolute Gasteiger partial charge is 0.235 e. The highest BCUT2D eigenvalue weighted by atomic mass is 16.1. The number of rotatable bonds is 14. The zero-order valence-corrected chi connectivity index (χ0v) is 20.4. The Kier molecular flexibility index (Phi) is 16.7. The van der Waals surface area contributed by atoms with Gasteiger partial charge in [0.05, 0.1) is 32.2 Å². The lowest BCUT2D eigenvalue weighted by Crippen LogP contribution is -2.39. The van der Waals surface area contributed by atoms with Crippen LogP contribution in [0.25, 0.3) is 0 Å². The Morgan fingerprint density at radius 1 is 0.735 bits per heavy atom. The van der Waals surface area contributed by atoms with Crippen LogP contribution in [0.3, 0.4) is 0 Å². The lowest BCUT2D eigenvalue weighted by atomic mass is 9.63. The second-order valence-corrected chi connectivity index (χ2v) is 9.72. The monoisotopic (exact) mass is 473 g/mol. The van der Waals surface area contributed by atoms with Gasteiger partial charge in [-0.15, -0.1) is 0 Å². The Morgan fingerprint density at radius 3 is 1.91 bits per heavy atom. The summed E-state index contributed by atoms with van der Waals surface area (Å²) in [6, 6.07) is 0.00750. The molecule has 186 valence electrons. The van der Waals surface area contributed by atoms with E-state index in [0.717, 1.165) is 51.4 Å². The van der Waals surface area contributed by atoms with Gasteiger partial charge in [0, 0.05) is 0 Å². The number of isocyanates is 5. The summed E-state index contributed by atoms with van der Waals surface area (Å²) in [5, 5.41) is 0. The number of nitrogens with zero attached hydrogens (tertiary/aromatic N) is 5. The Hall–Kier alpha value is -3.10. The molecule has 0 aromatic heterocycles. The van der Waals surface area contributed by atoms with Gasteiger partial charge in [0.2, 0.25) is 30.4 Å². The topological polar surface area (TPSA) is 147 Å². The summed E-state index contributed by atoms with van der Waals surface area (Å²) in [7, 11) is 0. The molecule has 1 saturated carbocycles. The molecule has 3 unspecified atom stereocenters. The predicted octanol–water partition coefficient (Wildman–Crippen LogP) is 3.80. The Balaban J connectivity index is 0.000000644. The lowest BCUT2D eigenvalue weighted by molar-refractivity contribution is 0.0915. The van der Waals surface area contributed by atoms with Crippen molar-refractivity contribution in [3.63, 3.8) is 0 Å². The summed E-state index contributed by atoms with van der Waals surface area (Å²) in [5.74, 6) is 0.286. The summed E-state index contributed by atoms with van der Waals surface area (Å²) in [6.07, 6.45) is 14.7. The minimum atomic E-state index is -0.0653. The van der Waals surface area contributed by atoms with Crippen LogP contribution in [0.5, 0.6) is 0 Å². The van der Waals surface area contributed by atoms with Crippen LogP contribution in [0.4, 0.5) is 0 Å². The number of carbonyl (C=O) groups excluding carboxylic acids is 5. The van der Waals surface area contributed by atoms with E-state index < -0.39 is 0 Å². The summed E-state index contributed by atoms with van der Waals surface area (Å²) < 4.78 is 0. The van der Waals surface area contributed by atoms with Gasteiger partial charge in [-0.25, -0.2) is 48.9 Å². The molecule has 0 aliphatic heterocycles. The van der Waals surface area contributed by atoms with Crippen LogP contribution in [-0.2, 0) is 24.0 Å².